The summed E-state index contributed by atoms with van der Waals surface area (Å²) in [5.74, 6) is 0.435. The third-order valence-corrected chi connectivity index (χ3v) is 6.51. The molecule has 1 aromatic carbocycles. The molecule has 2 aromatic heterocycles. The maximum absolute atomic E-state index is 14.0. The van der Waals surface area contributed by atoms with Crippen molar-refractivity contribution in [1.82, 2.24) is 30.0 Å². The highest BCUT2D eigenvalue weighted by Crippen LogP contribution is 2.21. The summed E-state index contributed by atoms with van der Waals surface area (Å²) in [5.41, 5.74) is 5.27. The van der Waals surface area contributed by atoms with Crippen molar-refractivity contribution in [2.75, 3.05) is 20.2 Å². The van der Waals surface area contributed by atoms with E-state index in [0.717, 1.165) is 59.8 Å². The molecule has 4 rings (SSSR count). The molecule has 1 aliphatic rings. The van der Waals surface area contributed by atoms with Gasteiger partial charge in [0.05, 0.1) is 19.2 Å². The molecule has 8 nitrogen and oxygen atoms in total. The lowest BCUT2D eigenvalue weighted by molar-refractivity contribution is -0.121. The van der Waals surface area contributed by atoms with Crippen molar-refractivity contribution < 1.29 is 13.9 Å². The van der Waals surface area contributed by atoms with Crippen molar-refractivity contribution in [3.8, 4) is 11.7 Å². The number of methoxy groups -OCH3 is 1. The molecule has 0 bridgehead atoms. The second kappa shape index (κ2) is 10.5. The van der Waals surface area contributed by atoms with E-state index in [1.165, 1.54) is 13.2 Å². The highest BCUT2D eigenvalue weighted by molar-refractivity contribution is 5.79. The average molecular weight is 481 g/mol. The van der Waals surface area contributed by atoms with Crippen molar-refractivity contribution >= 4 is 5.91 Å². The van der Waals surface area contributed by atoms with E-state index < -0.39 is 0 Å². The molecule has 0 unspecified atom stereocenters. The van der Waals surface area contributed by atoms with Crippen molar-refractivity contribution in [1.29, 1.82) is 0 Å². The Balaban J connectivity index is 1.32. The first-order valence-electron chi connectivity index (χ1n) is 12.0. The number of aromatic nitrogens is 4. The number of carbonyl (C=O) groups excluding carboxylic acids is 1. The minimum absolute atomic E-state index is 0.00670. The number of aryl methyl sites for hydroxylation is 3. The zero-order valence-electron chi connectivity index (χ0n) is 21.1. The number of amides is 1. The van der Waals surface area contributed by atoms with Gasteiger partial charge in [-0.1, -0.05) is 6.07 Å². The first-order chi connectivity index (χ1) is 16.7. The van der Waals surface area contributed by atoms with Gasteiger partial charge in [0.1, 0.15) is 0 Å². The van der Waals surface area contributed by atoms with Crippen LogP contribution < -0.4 is 10.1 Å². The Morgan fingerprint density at radius 2 is 1.80 bits per heavy atom. The fraction of sp³-hybridized carbons (Fsp3) is 0.462. The Hall–Kier alpha value is -3.33. The van der Waals surface area contributed by atoms with E-state index in [-0.39, 0.29) is 29.9 Å². The monoisotopic (exact) mass is 480 g/mol. The molecule has 0 atom stereocenters. The van der Waals surface area contributed by atoms with Crippen molar-refractivity contribution in [2.24, 2.45) is 0 Å². The van der Waals surface area contributed by atoms with Gasteiger partial charge in [-0.25, -0.2) is 19.0 Å². The molecule has 9 heteroatoms. The predicted molar refractivity (Wildman–Crippen MR) is 131 cm³/mol. The quantitative estimate of drug-likeness (QED) is 0.558. The number of nitrogens with zero attached hydrogens (tertiary/aromatic N) is 5. The van der Waals surface area contributed by atoms with Crippen LogP contribution in [0.2, 0.25) is 0 Å². The van der Waals surface area contributed by atoms with Crippen LogP contribution in [0.1, 0.15) is 46.7 Å². The number of hydrogen-bond donors (Lipinski definition) is 1. The number of hydrogen-bond acceptors (Lipinski definition) is 6. The summed E-state index contributed by atoms with van der Waals surface area (Å²) in [6.07, 6.45) is 1.99. The molecule has 35 heavy (non-hydrogen) atoms. The number of benzene rings is 1. The van der Waals surface area contributed by atoms with Gasteiger partial charge in [0.15, 0.2) is 11.6 Å². The van der Waals surface area contributed by atoms with Gasteiger partial charge < -0.3 is 10.1 Å². The summed E-state index contributed by atoms with van der Waals surface area (Å²) in [6, 6.07) is 7.13. The molecule has 1 aliphatic heterocycles. The molecule has 186 valence electrons. The van der Waals surface area contributed by atoms with Crippen molar-refractivity contribution in [3.63, 3.8) is 0 Å². The second-order valence-corrected chi connectivity index (χ2v) is 9.28. The van der Waals surface area contributed by atoms with Gasteiger partial charge in [-0.2, -0.15) is 5.10 Å². The zero-order chi connectivity index (χ0) is 25.1. The number of halogens is 1. The smallest absolute Gasteiger partial charge is 0.251 e. The van der Waals surface area contributed by atoms with E-state index in [1.54, 1.807) is 10.7 Å². The SMILES string of the molecule is COc1ccc(CN2CCC(NC(=O)Cc3c(C)nn(-c4nc(C)cc(C)n4)c3C)CC2)cc1F. The Morgan fingerprint density at radius 1 is 1.11 bits per heavy atom. The van der Waals surface area contributed by atoms with Gasteiger partial charge in [-0.05, 0) is 64.3 Å². The number of ether oxygens (including phenoxy) is 1. The molecule has 3 aromatic rings. The molecule has 3 heterocycles. The summed E-state index contributed by atoms with van der Waals surface area (Å²) in [4.78, 5) is 24.1. The lowest BCUT2D eigenvalue weighted by Crippen LogP contribution is -2.44. The number of rotatable bonds is 7. The van der Waals surface area contributed by atoms with E-state index in [1.807, 2.05) is 39.8 Å². The fourth-order valence-electron chi connectivity index (χ4n) is 4.67. The number of carbonyl (C=O) groups is 1. The topological polar surface area (TPSA) is 85.2 Å². The molecule has 0 radical (unpaired) electrons. The van der Waals surface area contributed by atoms with Crippen LogP contribution in [-0.2, 0) is 17.8 Å². The summed E-state index contributed by atoms with van der Waals surface area (Å²) in [7, 11) is 1.46. The summed E-state index contributed by atoms with van der Waals surface area (Å²) in [5, 5.41) is 7.79. The lowest BCUT2D eigenvalue weighted by Gasteiger charge is -2.32. The maximum atomic E-state index is 14.0. The molecule has 1 fully saturated rings. The molecular weight excluding hydrogens is 447 g/mol. The van der Waals surface area contributed by atoms with Gasteiger partial charge in [-0.3, -0.25) is 9.69 Å². The van der Waals surface area contributed by atoms with Crippen LogP contribution in [0.25, 0.3) is 5.95 Å². The molecule has 0 aliphatic carbocycles. The molecule has 1 saturated heterocycles. The second-order valence-electron chi connectivity index (χ2n) is 9.28. The first kappa shape index (κ1) is 24.8. The minimum Gasteiger partial charge on any atom is -0.494 e. The van der Waals surface area contributed by atoms with E-state index in [4.69, 9.17) is 4.74 Å². The molecular formula is C26H33FN6O2. The van der Waals surface area contributed by atoms with Crippen LogP contribution in [-0.4, -0.2) is 56.8 Å². The van der Waals surface area contributed by atoms with Crippen LogP contribution >= 0.6 is 0 Å². The zero-order valence-corrected chi connectivity index (χ0v) is 21.1. The summed E-state index contributed by atoms with van der Waals surface area (Å²) in [6.45, 7) is 10.1. The normalized spacial score (nSPS) is 14.8. The summed E-state index contributed by atoms with van der Waals surface area (Å²) >= 11 is 0. The van der Waals surface area contributed by atoms with E-state index in [2.05, 4.69) is 25.3 Å². The Bertz CT molecular complexity index is 1200. The molecule has 1 N–H and O–H groups in total. The Labute approximate surface area is 205 Å². The lowest BCUT2D eigenvalue weighted by atomic mass is 10.0. The number of nitrogens with one attached hydrogen (secondary N) is 1. The molecule has 0 spiro atoms. The maximum Gasteiger partial charge on any atom is 0.251 e. The Kier molecular flexibility index (Phi) is 7.45. The summed E-state index contributed by atoms with van der Waals surface area (Å²) < 4.78 is 20.7. The van der Waals surface area contributed by atoms with Crippen LogP contribution in [0.5, 0.6) is 5.75 Å². The number of piperidine rings is 1. The largest absolute Gasteiger partial charge is 0.494 e. The van der Waals surface area contributed by atoms with Crippen molar-refractivity contribution in [3.05, 3.63) is 64.0 Å². The van der Waals surface area contributed by atoms with Gasteiger partial charge in [-0.15, -0.1) is 0 Å². The predicted octanol–water partition coefficient (Wildman–Crippen LogP) is 3.37. The minimum atomic E-state index is -0.342. The third kappa shape index (κ3) is 5.85. The van der Waals surface area contributed by atoms with E-state index >= 15 is 0 Å². The van der Waals surface area contributed by atoms with Gasteiger partial charge in [0.25, 0.3) is 5.95 Å². The highest BCUT2D eigenvalue weighted by Gasteiger charge is 2.23. The third-order valence-electron chi connectivity index (χ3n) is 6.51. The van der Waals surface area contributed by atoms with Gasteiger partial charge >= 0.3 is 0 Å². The molecule has 1 amide bonds. The fourth-order valence-corrected chi connectivity index (χ4v) is 4.67. The van der Waals surface area contributed by atoms with E-state index in [0.29, 0.717) is 12.5 Å². The van der Waals surface area contributed by atoms with Crippen LogP contribution in [0, 0.1) is 33.5 Å². The van der Waals surface area contributed by atoms with Crippen LogP contribution in [0.3, 0.4) is 0 Å². The Morgan fingerprint density at radius 3 is 2.43 bits per heavy atom. The number of likely N-dealkylation sites (tertiary alicyclic amines) is 1. The average Bonchev–Trinajstić information content (AvgIpc) is 3.08. The van der Waals surface area contributed by atoms with E-state index in [9.17, 15) is 9.18 Å². The van der Waals surface area contributed by atoms with Gasteiger partial charge in [0, 0.05) is 48.3 Å². The van der Waals surface area contributed by atoms with Gasteiger partial charge in [0.2, 0.25) is 5.91 Å². The van der Waals surface area contributed by atoms with Crippen molar-refractivity contribution in [2.45, 2.75) is 59.5 Å². The first-order valence-corrected chi connectivity index (χ1v) is 12.0. The standard InChI is InChI=1S/C26H33FN6O2/c1-16-12-17(2)29-26(28-16)33-19(4)22(18(3)31-33)14-25(34)30-21-8-10-32(11-9-21)15-20-6-7-24(35-5)23(27)13-20/h6-7,12-13,21H,8-11,14-15H2,1-5H3,(H,30,34). The van der Waals surface area contributed by atoms with Crippen LogP contribution in [0.15, 0.2) is 24.3 Å². The highest BCUT2D eigenvalue weighted by atomic mass is 19.1. The molecule has 0 saturated carbocycles. The van der Waals surface area contributed by atoms with Crippen LogP contribution in [0.4, 0.5) is 4.39 Å².